The highest BCUT2D eigenvalue weighted by molar-refractivity contribution is 5.77. The molecule has 0 unspecified atom stereocenters. The maximum absolute atomic E-state index is 3.96. The van der Waals surface area contributed by atoms with Crippen LogP contribution in [0.5, 0.6) is 0 Å². The molecule has 0 nitrogen and oxygen atoms in total. The van der Waals surface area contributed by atoms with E-state index < -0.39 is 0 Å². The van der Waals surface area contributed by atoms with Crippen LogP contribution in [0, 0.1) is 6.92 Å². The molecule has 0 heterocycles. The lowest BCUT2D eigenvalue weighted by Crippen LogP contribution is -1.85. The summed E-state index contributed by atoms with van der Waals surface area (Å²) < 4.78 is 0. The fourth-order valence-electron chi connectivity index (χ4n) is 1.47. The minimum absolute atomic E-state index is 1.12. The molecule has 1 rings (SSSR count). The summed E-state index contributed by atoms with van der Waals surface area (Å²) in [5.41, 5.74) is 4.91. The first-order valence-corrected chi connectivity index (χ1v) is 4.54. The van der Waals surface area contributed by atoms with Crippen LogP contribution in [0.2, 0.25) is 0 Å². The Morgan fingerprint density at radius 3 is 2.54 bits per heavy atom. The molecule has 0 heteroatoms. The van der Waals surface area contributed by atoms with Crippen LogP contribution in [-0.2, 0) is 0 Å². The van der Waals surface area contributed by atoms with Crippen molar-refractivity contribution in [1.82, 2.24) is 0 Å². The van der Waals surface area contributed by atoms with Gasteiger partial charge in [0.15, 0.2) is 0 Å². The quantitative estimate of drug-likeness (QED) is 0.592. The van der Waals surface area contributed by atoms with Gasteiger partial charge in [0.2, 0.25) is 0 Å². The first-order chi connectivity index (χ1) is 6.15. The molecule has 0 saturated carbocycles. The van der Waals surface area contributed by atoms with Crippen molar-refractivity contribution in [2.45, 2.75) is 20.8 Å². The lowest BCUT2D eigenvalue weighted by molar-refractivity contribution is 1.42. The van der Waals surface area contributed by atoms with Gasteiger partial charge < -0.3 is 0 Å². The molecule has 68 valence electrons. The largest absolute Gasteiger partial charge is 0.0955 e. The number of hydrogen-bond acceptors (Lipinski definition) is 0. The number of rotatable bonds is 2. The third-order valence-corrected chi connectivity index (χ3v) is 2.08. The van der Waals surface area contributed by atoms with E-state index in [1.807, 2.05) is 13.8 Å². The van der Waals surface area contributed by atoms with Gasteiger partial charge in [-0.25, -0.2) is 0 Å². The summed E-state index contributed by atoms with van der Waals surface area (Å²) in [5, 5.41) is 0. The smallest absolute Gasteiger partial charge is 0.0182 e. The normalized spacial score (nSPS) is 11.5. The SMILES string of the molecule is C=C(C)/C(=C\C)c1cccc(C)c1. The predicted molar refractivity (Wildman–Crippen MR) is 59.6 cm³/mol. The minimum Gasteiger partial charge on any atom is -0.0955 e. The molecule has 1 aromatic rings. The lowest BCUT2D eigenvalue weighted by Gasteiger charge is -2.06. The maximum Gasteiger partial charge on any atom is -0.0182 e. The van der Waals surface area contributed by atoms with E-state index in [2.05, 4.69) is 43.8 Å². The molecule has 0 bridgehead atoms. The molecule has 0 N–H and O–H groups in total. The van der Waals surface area contributed by atoms with Gasteiger partial charge in [-0.2, -0.15) is 0 Å². The summed E-state index contributed by atoms with van der Waals surface area (Å²) in [5.74, 6) is 0. The second kappa shape index (κ2) is 4.08. The summed E-state index contributed by atoms with van der Waals surface area (Å²) in [6, 6.07) is 8.49. The van der Waals surface area contributed by atoms with E-state index in [4.69, 9.17) is 0 Å². The monoisotopic (exact) mass is 172 g/mol. The van der Waals surface area contributed by atoms with Crippen LogP contribution in [0.4, 0.5) is 0 Å². The van der Waals surface area contributed by atoms with Crippen LogP contribution < -0.4 is 0 Å². The highest BCUT2D eigenvalue weighted by Gasteiger charge is 2.00. The topological polar surface area (TPSA) is 0 Å². The van der Waals surface area contributed by atoms with E-state index in [0.717, 1.165) is 5.57 Å². The van der Waals surface area contributed by atoms with Crippen LogP contribution >= 0.6 is 0 Å². The molecule has 0 aromatic heterocycles. The fourth-order valence-corrected chi connectivity index (χ4v) is 1.47. The van der Waals surface area contributed by atoms with Crippen molar-refractivity contribution >= 4 is 5.57 Å². The second-order valence-electron chi connectivity index (χ2n) is 3.35. The number of hydrogen-bond donors (Lipinski definition) is 0. The molecule has 0 aliphatic rings. The standard InChI is InChI=1S/C13H16/c1-5-13(10(2)3)12-8-6-7-11(4)9-12/h5-9H,2H2,1,3-4H3/b13-5+. The Labute approximate surface area is 80.6 Å². The average Bonchev–Trinajstić information content (AvgIpc) is 2.04. The first kappa shape index (κ1) is 9.79. The number of aryl methyl sites for hydroxylation is 1. The van der Waals surface area contributed by atoms with Gasteiger partial charge in [-0.05, 0) is 31.9 Å². The Kier molecular flexibility index (Phi) is 3.07. The van der Waals surface area contributed by atoms with Crippen molar-refractivity contribution in [3.05, 3.63) is 53.6 Å². The van der Waals surface area contributed by atoms with Gasteiger partial charge >= 0.3 is 0 Å². The van der Waals surface area contributed by atoms with E-state index >= 15 is 0 Å². The van der Waals surface area contributed by atoms with E-state index in [9.17, 15) is 0 Å². The molecule has 13 heavy (non-hydrogen) atoms. The summed E-state index contributed by atoms with van der Waals surface area (Å²) in [7, 11) is 0. The van der Waals surface area contributed by atoms with E-state index in [1.165, 1.54) is 16.7 Å². The summed E-state index contributed by atoms with van der Waals surface area (Å²) in [4.78, 5) is 0. The van der Waals surface area contributed by atoms with E-state index in [0.29, 0.717) is 0 Å². The zero-order chi connectivity index (χ0) is 9.84. The van der Waals surface area contributed by atoms with Crippen molar-refractivity contribution in [2.24, 2.45) is 0 Å². The third-order valence-electron chi connectivity index (χ3n) is 2.08. The van der Waals surface area contributed by atoms with Gasteiger partial charge in [-0.1, -0.05) is 48.1 Å². The Hall–Kier alpha value is -1.30. The number of benzene rings is 1. The third kappa shape index (κ3) is 2.32. The van der Waals surface area contributed by atoms with Crippen molar-refractivity contribution in [3.63, 3.8) is 0 Å². The Morgan fingerprint density at radius 2 is 2.08 bits per heavy atom. The maximum atomic E-state index is 3.96. The Morgan fingerprint density at radius 1 is 1.38 bits per heavy atom. The van der Waals surface area contributed by atoms with Gasteiger partial charge in [-0.3, -0.25) is 0 Å². The van der Waals surface area contributed by atoms with Gasteiger partial charge in [-0.15, -0.1) is 0 Å². The van der Waals surface area contributed by atoms with Crippen LogP contribution in [0.15, 0.2) is 42.5 Å². The molecular formula is C13H16. The van der Waals surface area contributed by atoms with Gasteiger partial charge in [0.25, 0.3) is 0 Å². The van der Waals surface area contributed by atoms with Crippen LogP contribution in [0.3, 0.4) is 0 Å². The molecule has 0 aliphatic carbocycles. The molecule has 0 aliphatic heterocycles. The van der Waals surface area contributed by atoms with Crippen molar-refractivity contribution in [2.75, 3.05) is 0 Å². The van der Waals surface area contributed by atoms with Crippen LogP contribution in [-0.4, -0.2) is 0 Å². The minimum atomic E-state index is 1.12. The zero-order valence-electron chi connectivity index (χ0n) is 8.59. The summed E-state index contributed by atoms with van der Waals surface area (Å²) >= 11 is 0. The molecule has 0 saturated heterocycles. The van der Waals surface area contributed by atoms with Crippen molar-refractivity contribution in [3.8, 4) is 0 Å². The second-order valence-corrected chi connectivity index (χ2v) is 3.35. The lowest BCUT2D eigenvalue weighted by atomic mass is 9.99. The molecule has 0 atom stereocenters. The van der Waals surface area contributed by atoms with Crippen molar-refractivity contribution in [1.29, 1.82) is 0 Å². The van der Waals surface area contributed by atoms with Gasteiger partial charge in [0.1, 0.15) is 0 Å². The van der Waals surface area contributed by atoms with Crippen LogP contribution in [0.25, 0.3) is 5.57 Å². The fraction of sp³-hybridized carbons (Fsp3) is 0.231. The van der Waals surface area contributed by atoms with Gasteiger partial charge in [0.05, 0.1) is 0 Å². The van der Waals surface area contributed by atoms with Gasteiger partial charge in [0, 0.05) is 0 Å². The summed E-state index contributed by atoms with van der Waals surface area (Å²) in [6.45, 7) is 10.2. The molecule has 0 radical (unpaired) electrons. The average molecular weight is 172 g/mol. The summed E-state index contributed by atoms with van der Waals surface area (Å²) in [6.07, 6.45) is 2.11. The molecule has 0 fully saturated rings. The highest BCUT2D eigenvalue weighted by atomic mass is 14.0. The molecule has 1 aromatic carbocycles. The van der Waals surface area contributed by atoms with Crippen LogP contribution in [0.1, 0.15) is 25.0 Å². The van der Waals surface area contributed by atoms with E-state index in [1.54, 1.807) is 0 Å². The molecule has 0 amide bonds. The number of allylic oxidation sites excluding steroid dienone is 3. The Balaban J connectivity index is 3.14. The molecule has 0 spiro atoms. The van der Waals surface area contributed by atoms with Crippen molar-refractivity contribution < 1.29 is 0 Å². The van der Waals surface area contributed by atoms with E-state index in [-0.39, 0.29) is 0 Å². The molecular weight excluding hydrogens is 156 g/mol. The predicted octanol–water partition coefficient (Wildman–Crippen LogP) is 3.97. The first-order valence-electron chi connectivity index (χ1n) is 4.54. The zero-order valence-corrected chi connectivity index (χ0v) is 8.59. The highest BCUT2D eigenvalue weighted by Crippen LogP contribution is 2.21. The Bertz CT molecular complexity index is 343.